The highest BCUT2D eigenvalue weighted by molar-refractivity contribution is 6.42. The predicted octanol–water partition coefficient (Wildman–Crippen LogP) is 5.91. The van der Waals surface area contributed by atoms with Gasteiger partial charge in [0.05, 0.1) is 17.2 Å². The Morgan fingerprint density at radius 1 is 0.750 bits per heavy atom. The number of benzene rings is 3. The Morgan fingerprint density at radius 2 is 1.39 bits per heavy atom. The molecule has 3 aromatic rings. The highest BCUT2D eigenvalue weighted by Gasteiger charge is 2.02. The zero-order chi connectivity index (χ0) is 19.8. The fourth-order valence-electron chi connectivity index (χ4n) is 2.76. The van der Waals surface area contributed by atoms with Gasteiger partial charge in [0, 0.05) is 6.54 Å². The van der Waals surface area contributed by atoms with Crippen LogP contribution in [-0.4, -0.2) is 13.7 Å². The number of hydrogen-bond donors (Lipinski definition) is 1. The minimum absolute atomic E-state index is 0.455. The van der Waals surface area contributed by atoms with Crippen molar-refractivity contribution in [3.05, 3.63) is 93.5 Å². The molecule has 1 N–H and O–H groups in total. The summed E-state index contributed by atoms with van der Waals surface area (Å²) < 4.78 is 11.0. The molecule has 0 aliphatic rings. The van der Waals surface area contributed by atoms with E-state index in [0.717, 1.165) is 36.6 Å². The SMILES string of the molecule is COc1ccc(CCNCc2ccc(OCc3ccc(Cl)c(Cl)c3)cc2)cc1. The third-order valence-corrected chi connectivity index (χ3v) is 5.13. The van der Waals surface area contributed by atoms with Crippen LogP contribution in [0.15, 0.2) is 66.7 Å². The molecule has 0 aliphatic heterocycles. The van der Waals surface area contributed by atoms with E-state index in [1.165, 1.54) is 11.1 Å². The third kappa shape index (κ3) is 6.16. The molecule has 5 heteroatoms. The molecule has 0 fully saturated rings. The van der Waals surface area contributed by atoms with Gasteiger partial charge < -0.3 is 14.8 Å². The Hall–Kier alpha value is -2.20. The molecular weight excluding hydrogens is 393 g/mol. The molecule has 146 valence electrons. The second-order valence-electron chi connectivity index (χ2n) is 6.46. The summed E-state index contributed by atoms with van der Waals surface area (Å²) in [5.41, 5.74) is 3.50. The second kappa shape index (κ2) is 10.4. The van der Waals surface area contributed by atoms with E-state index in [9.17, 15) is 0 Å². The number of methoxy groups -OCH3 is 1. The maximum Gasteiger partial charge on any atom is 0.119 e. The fraction of sp³-hybridized carbons (Fsp3) is 0.217. The van der Waals surface area contributed by atoms with Gasteiger partial charge in [0.25, 0.3) is 0 Å². The minimum atomic E-state index is 0.455. The van der Waals surface area contributed by atoms with Gasteiger partial charge in [-0.3, -0.25) is 0 Å². The Kier molecular flexibility index (Phi) is 7.61. The van der Waals surface area contributed by atoms with Crippen molar-refractivity contribution in [1.82, 2.24) is 5.32 Å². The lowest BCUT2D eigenvalue weighted by Gasteiger charge is -2.09. The van der Waals surface area contributed by atoms with E-state index in [1.54, 1.807) is 13.2 Å². The van der Waals surface area contributed by atoms with Crippen LogP contribution in [0.3, 0.4) is 0 Å². The maximum absolute atomic E-state index is 6.03. The van der Waals surface area contributed by atoms with Gasteiger partial charge in [-0.05, 0) is 66.1 Å². The van der Waals surface area contributed by atoms with Crippen molar-refractivity contribution < 1.29 is 9.47 Å². The average Bonchev–Trinajstić information content (AvgIpc) is 2.73. The fourth-order valence-corrected chi connectivity index (χ4v) is 3.08. The van der Waals surface area contributed by atoms with Crippen LogP contribution >= 0.6 is 23.2 Å². The molecule has 0 heterocycles. The number of nitrogens with one attached hydrogen (secondary N) is 1. The van der Waals surface area contributed by atoms with Crippen LogP contribution in [0, 0.1) is 0 Å². The summed E-state index contributed by atoms with van der Waals surface area (Å²) in [5.74, 6) is 1.71. The topological polar surface area (TPSA) is 30.5 Å². The van der Waals surface area contributed by atoms with E-state index < -0.39 is 0 Å². The van der Waals surface area contributed by atoms with Crippen LogP contribution < -0.4 is 14.8 Å². The Labute approximate surface area is 176 Å². The van der Waals surface area contributed by atoms with Gasteiger partial charge in [0.15, 0.2) is 0 Å². The second-order valence-corrected chi connectivity index (χ2v) is 7.27. The lowest BCUT2D eigenvalue weighted by atomic mass is 10.1. The van der Waals surface area contributed by atoms with Gasteiger partial charge in [-0.2, -0.15) is 0 Å². The summed E-state index contributed by atoms with van der Waals surface area (Å²) in [6.45, 7) is 2.20. The van der Waals surface area contributed by atoms with Gasteiger partial charge in [-0.25, -0.2) is 0 Å². The minimum Gasteiger partial charge on any atom is -0.497 e. The van der Waals surface area contributed by atoms with Gasteiger partial charge in [-0.15, -0.1) is 0 Å². The van der Waals surface area contributed by atoms with Crippen molar-refractivity contribution in [3.63, 3.8) is 0 Å². The summed E-state index contributed by atoms with van der Waals surface area (Å²) in [6, 6.07) is 21.8. The van der Waals surface area contributed by atoms with E-state index in [0.29, 0.717) is 16.7 Å². The monoisotopic (exact) mass is 415 g/mol. The number of ether oxygens (including phenoxy) is 2. The van der Waals surface area contributed by atoms with Crippen LogP contribution in [0.25, 0.3) is 0 Å². The highest BCUT2D eigenvalue weighted by Crippen LogP contribution is 2.23. The summed E-state index contributed by atoms with van der Waals surface area (Å²) in [7, 11) is 1.68. The summed E-state index contributed by atoms with van der Waals surface area (Å²) in [5, 5.41) is 4.56. The standard InChI is InChI=1S/C23H23Cl2NO2/c1-27-20-7-2-17(3-8-20)12-13-26-15-18-4-9-21(10-5-18)28-16-19-6-11-22(24)23(25)14-19/h2-11,14,26H,12-13,15-16H2,1H3. The molecule has 28 heavy (non-hydrogen) atoms. The normalized spacial score (nSPS) is 10.7. The maximum atomic E-state index is 6.03. The molecule has 0 spiro atoms. The molecule has 0 amide bonds. The lowest BCUT2D eigenvalue weighted by molar-refractivity contribution is 0.306. The Morgan fingerprint density at radius 3 is 2.07 bits per heavy atom. The number of rotatable bonds is 9. The van der Waals surface area contributed by atoms with Gasteiger partial charge in [0.1, 0.15) is 18.1 Å². The van der Waals surface area contributed by atoms with Crippen LogP contribution in [-0.2, 0) is 19.6 Å². The van der Waals surface area contributed by atoms with E-state index >= 15 is 0 Å². The summed E-state index contributed by atoms with van der Waals surface area (Å²) in [4.78, 5) is 0. The highest BCUT2D eigenvalue weighted by atomic mass is 35.5. The summed E-state index contributed by atoms with van der Waals surface area (Å²) >= 11 is 12.0. The van der Waals surface area contributed by atoms with Crippen LogP contribution in [0.1, 0.15) is 16.7 Å². The molecule has 0 aliphatic carbocycles. The first-order chi connectivity index (χ1) is 13.6. The predicted molar refractivity (Wildman–Crippen MR) is 116 cm³/mol. The molecule has 0 saturated heterocycles. The zero-order valence-corrected chi connectivity index (χ0v) is 17.3. The largest absolute Gasteiger partial charge is 0.497 e. The molecule has 0 aromatic heterocycles. The van der Waals surface area contributed by atoms with Crippen molar-refractivity contribution in [2.75, 3.05) is 13.7 Å². The van der Waals surface area contributed by atoms with Crippen LogP contribution in [0.4, 0.5) is 0 Å². The molecule has 0 atom stereocenters. The van der Waals surface area contributed by atoms with Crippen LogP contribution in [0.2, 0.25) is 10.0 Å². The molecule has 0 radical (unpaired) electrons. The molecule has 3 aromatic carbocycles. The van der Waals surface area contributed by atoms with Gasteiger partial charge >= 0.3 is 0 Å². The molecule has 3 nitrogen and oxygen atoms in total. The zero-order valence-electron chi connectivity index (χ0n) is 15.8. The summed E-state index contributed by atoms with van der Waals surface area (Å²) in [6.07, 6.45) is 0.981. The van der Waals surface area contributed by atoms with Crippen LogP contribution in [0.5, 0.6) is 11.5 Å². The van der Waals surface area contributed by atoms with Gasteiger partial charge in [0.2, 0.25) is 0 Å². The van der Waals surface area contributed by atoms with Crippen molar-refractivity contribution in [2.45, 2.75) is 19.6 Å². The first kappa shape index (κ1) is 20.5. The van der Waals surface area contributed by atoms with Crippen molar-refractivity contribution >= 4 is 23.2 Å². The number of hydrogen-bond acceptors (Lipinski definition) is 3. The van der Waals surface area contributed by atoms with E-state index in [4.69, 9.17) is 32.7 Å². The molecular formula is C23H23Cl2NO2. The molecule has 0 bridgehead atoms. The number of halogens is 2. The molecule has 0 saturated carbocycles. The Balaban J connectivity index is 1.40. The van der Waals surface area contributed by atoms with E-state index in [-0.39, 0.29) is 0 Å². The van der Waals surface area contributed by atoms with Crippen molar-refractivity contribution in [3.8, 4) is 11.5 Å². The van der Waals surface area contributed by atoms with Gasteiger partial charge in [-0.1, -0.05) is 53.5 Å². The van der Waals surface area contributed by atoms with Crippen molar-refractivity contribution in [1.29, 1.82) is 0 Å². The Bertz CT molecular complexity index is 880. The first-order valence-corrected chi connectivity index (χ1v) is 9.89. The van der Waals surface area contributed by atoms with E-state index in [2.05, 4.69) is 29.6 Å². The molecule has 3 rings (SSSR count). The molecule has 0 unspecified atom stereocenters. The average molecular weight is 416 g/mol. The van der Waals surface area contributed by atoms with E-state index in [1.807, 2.05) is 36.4 Å². The lowest BCUT2D eigenvalue weighted by Crippen LogP contribution is -2.16. The first-order valence-electron chi connectivity index (χ1n) is 9.13. The van der Waals surface area contributed by atoms with Crippen molar-refractivity contribution in [2.24, 2.45) is 0 Å². The third-order valence-electron chi connectivity index (χ3n) is 4.39. The quantitative estimate of drug-likeness (QED) is 0.440. The smallest absolute Gasteiger partial charge is 0.119 e.